The minimum absolute atomic E-state index is 0.0309. The van der Waals surface area contributed by atoms with E-state index in [2.05, 4.69) is 111 Å². The van der Waals surface area contributed by atoms with Crippen LogP contribution in [-0.2, 0) is 32.7 Å². The highest BCUT2D eigenvalue weighted by atomic mass is 31.2. The first-order valence-corrected chi connectivity index (χ1v) is 38.4. The molecule has 0 aromatic rings. The Balaban J connectivity index is 3.98. The molecule has 0 aliphatic heterocycles. The maximum atomic E-state index is 12.9. The predicted octanol–water partition coefficient (Wildman–Crippen LogP) is 23.6. The van der Waals surface area contributed by atoms with Crippen LogP contribution in [-0.4, -0.2) is 70.0 Å². The number of unbranched alkanes of at least 4 members (excludes halogenated alkanes) is 38. The molecule has 10 heteroatoms. The summed E-state index contributed by atoms with van der Waals surface area (Å²) < 4.78 is 34.3. The largest absolute Gasteiger partial charge is 0.756 e. The maximum Gasteiger partial charge on any atom is 0.306 e. The second kappa shape index (κ2) is 68.3. The van der Waals surface area contributed by atoms with E-state index in [0.717, 1.165) is 89.9 Å². The van der Waals surface area contributed by atoms with E-state index in [0.29, 0.717) is 17.4 Å². The Hall–Kier alpha value is -3.07. The van der Waals surface area contributed by atoms with Crippen molar-refractivity contribution in [3.05, 3.63) is 97.2 Å². The van der Waals surface area contributed by atoms with Gasteiger partial charge in [-0.05, 0) is 77.0 Å². The highest BCUT2D eigenvalue weighted by molar-refractivity contribution is 7.45. The van der Waals surface area contributed by atoms with Crippen LogP contribution in [0.3, 0.4) is 0 Å². The van der Waals surface area contributed by atoms with E-state index in [1.165, 1.54) is 212 Å². The third-order valence-electron chi connectivity index (χ3n) is 16.1. The molecule has 0 radical (unpaired) electrons. The van der Waals surface area contributed by atoms with E-state index in [1.54, 1.807) is 0 Å². The van der Waals surface area contributed by atoms with Gasteiger partial charge in [-0.3, -0.25) is 14.2 Å². The summed E-state index contributed by atoms with van der Waals surface area (Å²) in [6.07, 6.45) is 95.0. The molecule has 0 aromatic carbocycles. The zero-order valence-corrected chi connectivity index (χ0v) is 59.1. The van der Waals surface area contributed by atoms with Crippen LogP contribution < -0.4 is 4.89 Å². The summed E-state index contributed by atoms with van der Waals surface area (Å²) in [7, 11) is 1.18. The number of esters is 2. The van der Waals surface area contributed by atoms with E-state index in [4.69, 9.17) is 18.5 Å². The number of allylic oxidation sites excluding steroid dienone is 16. The number of likely N-dealkylation sites (N-methyl/N-ethyl adjacent to an activating group) is 1. The molecule has 0 aliphatic carbocycles. The van der Waals surface area contributed by atoms with Crippen LogP contribution in [0.5, 0.6) is 0 Å². The molecule has 2 atom stereocenters. The Labute approximate surface area is 544 Å². The zero-order valence-electron chi connectivity index (χ0n) is 58.2. The van der Waals surface area contributed by atoms with Gasteiger partial charge in [0.25, 0.3) is 7.82 Å². The fraction of sp³-hybridized carbons (Fsp3) is 0.769. The van der Waals surface area contributed by atoms with Crippen LogP contribution in [0.15, 0.2) is 97.2 Å². The molecule has 510 valence electrons. The van der Waals surface area contributed by atoms with Crippen LogP contribution in [0.2, 0.25) is 0 Å². The summed E-state index contributed by atoms with van der Waals surface area (Å²) in [5, 5.41) is 0. The van der Waals surface area contributed by atoms with Crippen molar-refractivity contribution in [1.29, 1.82) is 0 Å². The number of hydrogen-bond donors (Lipinski definition) is 0. The second-order valence-electron chi connectivity index (χ2n) is 25.9. The topological polar surface area (TPSA) is 111 Å². The molecular weight excluding hydrogens is 1110 g/mol. The van der Waals surface area contributed by atoms with Gasteiger partial charge in [0, 0.05) is 12.8 Å². The highest BCUT2D eigenvalue weighted by Crippen LogP contribution is 2.38. The second-order valence-corrected chi connectivity index (χ2v) is 27.3. The summed E-state index contributed by atoms with van der Waals surface area (Å²) in [5.74, 6) is -0.818. The molecule has 2 unspecified atom stereocenters. The predicted molar refractivity (Wildman–Crippen MR) is 379 cm³/mol. The fourth-order valence-electron chi connectivity index (χ4n) is 10.5. The van der Waals surface area contributed by atoms with Gasteiger partial charge in [-0.15, -0.1) is 0 Å². The van der Waals surface area contributed by atoms with Gasteiger partial charge >= 0.3 is 11.9 Å². The lowest BCUT2D eigenvalue weighted by Gasteiger charge is -2.28. The molecule has 0 fully saturated rings. The maximum absolute atomic E-state index is 12.9. The Kier molecular flexibility index (Phi) is 65.9. The highest BCUT2D eigenvalue weighted by Gasteiger charge is 2.22. The van der Waals surface area contributed by atoms with Gasteiger partial charge in [0.2, 0.25) is 0 Å². The molecule has 0 aromatic heterocycles. The smallest absolute Gasteiger partial charge is 0.306 e. The Morgan fingerprint density at radius 2 is 0.648 bits per heavy atom. The third kappa shape index (κ3) is 72.0. The van der Waals surface area contributed by atoms with Gasteiger partial charge in [-0.25, -0.2) is 0 Å². The molecule has 0 amide bonds. The number of rotatable bonds is 68. The van der Waals surface area contributed by atoms with Crippen molar-refractivity contribution >= 4 is 19.8 Å². The number of carbonyl (C=O) groups is 2. The van der Waals surface area contributed by atoms with Gasteiger partial charge in [0.05, 0.1) is 27.7 Å². The standard InChI is InChI=1S/C78H140NO8P/c1-6-8-10-12-14-16-18-20-22-24-26-28-30-31-32-33-34-35-36-37-38-39-40-41-42-43-44-45-46-47-49-51-53-55-57-59-61-63-65-67-69-71-78(81)87-76(75-86-88(82,83)85-73-72-79(3,4)5)74-84-77(80)70-68-66-64-62-60-58-56-54-52-50-48-29-27-25-23-21-19-17-15-13-11-9-7-2/h8,10,14,16,20,22,26,28,31-32,34-35,37-38,40-41,76H,6-7,9,11-13,15,17-19,21,23-25,27,29-30,33,36,39,42-75H2,1-5H3/b10-8-,16-14-,22-20-,28-26-,32-31-,35-34-,38-37-,41-40-. The van der Waals surface area contributed by atoms with Crippen LogP contribution in [0.25, 0.3) is 0 Å². The van der Waals surface area contributed by atoms with Crippen molar-refractivity contribution in [1.82, 2.24) is 0 Å². The van der Waals surface area contributed by atoms with Gasteiger partial charge < -0.3 is 27.9 Å². The number of ether oxygens (including phenoxy) is 2. The molecule has 0 spiro atoms. The first-order valence-electron chi connectivity index (χ1n) is 36.9. The summed E-state index contributed by atoms with van der Waals surface area (Å²) in [6, 6.07) is 0. The monoisotopic (exact) mass is 1250 g/mol. The van der Waals surface area contributed by atoms with E-state index in [9.17, 15) is 19.0 Å². The number of carbonyl (C=O) groups excluding carboxylic acids is 2. The quantitative estimate of drug-likeness (QED) is 0.0195. The lowest BCUT2D eigenvalue weighted by Crippen LogP contribution is -2.37. The van der Waals surface area contributed by atoms with Crippen LogP contribution in [0.1, 0.15) is 335 Å². The minimum Gasteiger partial charge on any atom is -0.756 e. The Morgan fingerprint density at radius 3 is 0.966 bits per heavy atom. The Bertz CT molecular complexity index is 1810. The molecule has 0 rings (SSSR count). The van der Waals surface area contributed by atoms with Crippen LogP contribution >= 0.6 is 7.82 Å². The number of nitrogens with zero attached hydrogens (tertiary/aromatic N) is 1. The summed E-state index contributed by atoms with van der Waals surface area (Å²) in [5.41, 5.74) is 0. The molecule has 0 saturated heterocycles. The van der Waals surface area contributed by atoms with Gasteiger partial charge in [0.1, 0.15) is 19.8 Å². The van der Waals surface area contributed by atoms with Gasteiger partial charge in [-0.2, -0.15) is 0 Å². The van der Waals surface area contributed by atoms with Gasteiger partial charge in [0.15, 0.2) is 6.10 Å². The minimum atomic E-state index is -4.64. The summed E-state index contributed by atoms with van der Waals surface area (Å²) in [6.45, 7) is 4.18. The average Bonchev–Trinajstić information content (AvgIpc) is 3.58. The van der Waals surface area contributed by atoms with Crippen molar-refractivity contribution in [2.45, 2.75) is 341 Å². The van der Waals surface area contributed by atoms with Crippen LogP contribution in [0, 0.1) is 0 Å². The SMILES string of the molecule is CC/C=C\C/C=C\C/C=C\C/C=C\C/C=C\C/C=C\C/C=C\C/C=C\CCCCCCCCCCCCCCCCCCC(=O)OC(COC(=O)CCCCCCCCCCCCCCCCCCCCCCCCC)COP(=O)([O-])OCC[N+](C)(C)C. The van der Waals surface area contributed by atoms with Crippen molar-refractivity contribution in [3.63, 3.8) is 0 Å². The molecule has 88 heavy (non-hydrogen) atoms. The first-order chi connectivity index (χ1) is 43.0. The normalized spacial score (nSPS) is 13.7. The lowest BCUT2D eigenvalue weighted by atomic mass is 10.0. The molecule has 0 bridgehead atoms. The van der Waals surface area contributed by atoms with E-state index in [1.807, 2.05) is 21.1 Å². The molecule has 0 N–H and O–H groups in total. The summed E-state index contributed by atoms with van der Waals surface area (Å²) in [4.78, 5) is 38.1. The molecule has 0 saturated carbocycles. The Morgan fingerprint density at radius 1 is 0.364 bits per heavy atom. The molecule has 0 heterocycles. The number of quaternary nitrogens is 1. The molecule has 9 nitrogen and oxygen atoms in total. The molecule has 0 aliphatic rings. The molecular formula is C78H140NO8P. The van der Waals surface area contributed by atoms with Crippen molar-refractivity contribution in [2.75, 3.05) is 47.5 Å². The zero-order chi connectivity index (χ0) is 64.1. The lowest BCUT2D eigenvalue weighted by molar-refractivity contribution is -0.870. The third-order valence-corrected chi connectivity index (χ3v) is 17.1. The van der Waals surface area contributed by atoms with Crippen molar-refractivity contribution in [2.24, 2.45) is 0 Å². The number of phosphoric ester groups is 1. The summed E-state index contributed by atoms with van der Waals surface area (Å²) >= 11 is 0. The van der Waals surface area contributed by atoms with Crippen LogP contribution in [0.4, 0.5) is 0 Å². The number of phosphoric acid groups is 1. The van der Waals surface area contributed by atoms with E-state index >= 15 is 0 Å². The van der Waals surface area contributed by atoms with Gasteiger partial charge in [-0.1, -0.05) is 342 Å². The van der Waals surface area contributed by atoms with E-state index < -0.39 is 26.5 Å². The fourth-order valence-corrected chi connectivity index (χ4v) is 11.2. The number of hydrogen-bond acceptors (Lipinski definition) is 8. The average molecular weight is 1250 g/mol. The van der Waals surface area contributed by atoms with Crippen molar-refractivity contribution in [3.8, 4) is 0 Å². The van der Waals surface area contributed by atoms with E-state index in [-0.39, 0.29) is 32.0 Å². The first kappa shape index (κ1) is 84.9. The van der Waals surface area contributed by atoms with Crippen molar-refractivity contribution < 1.29 is 42.1 Å².